The Morgan fingerprint density at radius 1 is 1.03 bits per heavy atom. The molecule has 0 N–H and O–H groups in total. The van der Waals surface area contributed by atoms with Crippen molar-refractivity contribution in [1.29, 1.82) is 0 Å². The van der Waals surface area contributed by atoms with Crippen molar-refractivity contribution in [2.45, 2.75) is 75.0 Å². The molecule has 0 aromatic rings. The van der Waals surface area contributed by atoms with Gasteiger partial charge in [-0.3, -0.25) is 4.79 Å². The molecule has 29 heavy (non-hydrogen) atoms. The first kappa shape index (κ1) is 19.4. The summed E-state index contributed by atoms with van der Waals surface area (Å²) in [5.41, 5.74) is 1.08. The van der Waals surface area contributed by atoms with E-state index in [1.807, 2.05) is 6.08 Å². The van der Waals surface area contributed by atoms with E-state index < -0.39 is 11.4 Å². The van der Waals surface area contributed by atoms with Crippen LogP contribution >= 0.6 is 15.9 Å². The summed E-state index contributed by atoms with van der Waals surface area (Å²) in [5, 5.41) is 0. The summed E-state index contributed by atoms with van der Waals surface area (Å²) >= 11 is 4.04. The molecular weight excluding hydrogens is 436 g/mol. The molecule has 160 valence electrons. The smallest absolute Gasteiger partial charge is 0.227 e. The number of carbonyl (C=O) groups is 1. The first-order chi connectivity index (χ1) is 13.9. The van der Waals surface area contributed by atoms with Gasteiger partial charge in [-0.2, -0.15) is 0 Å². The number of fused-ring (bicyclic) bond motifs is 7. The lowest BCUT2D eigenvalue weighted by Gasteiger charge is -2.60. The fraction of sp³-hybridized carbons (Fsp3) is 0.870. The van der Waals surface area contributed by atoms with Crippen LogP contribution in [-0.2, 0) is 23.7 Å². The number of allylic oxidation sites excluding steroid dienone is 1. The first-order valence-electron chi connectivity index (χ1n) is 11.2. The molecule has 2 heterocycles. The van der Waals surface area contributed by atoms with Crippen LogP contribution in [0.25, 0.3) is 0 Å². The summed E-state index contributed by atoms with van der Waals surface area (Å²) in [7, 11) is 0. The van der Waals surface area contributed by atoms with Gasteiger partial charge in [0.1, 0.15) is 12.2 Å². The van der Waals surface area contributed by atoms with Crippen molar-refractivity contribution in [1.82, 2.24) is 0 Å². The lowest BCUT2D eigenvalue weighted by atomic mass is 9.46. The Kier molecular flexibility index (Phi) is 4.12. The standard InChI is InChI=1S/C23H31BrO5/c1-20-7-5-15(25)9-14(20)3-4-16-17(20)6-8-21(2)18(16)10-19(24)23(21)22(28-13-29-23)11-26-12-27-22/h9,16-19H,3-8,10-13H2,1-2H3. The molecule has 0 aromatic carbocycles. The molecule has 5 fully saturated rings. The Morgan fingerprint density at radius 2 is 1.86 bits per heavy atom. The van der Waals surface area contributed by atoms with Crippen molar-refractivity contribution in [3.8, 4) is 0 Å². The Bertz CT molecular complexity index is 770. The number of halogens is 1. The molecule has 0 bridgehead atoms. The summed E-state index contributed by atoms with van der Waals surface area (Å²) < 4.78 is 24.4. The van der Waals surface area contributed by atoms with Gasteiger partial charge in [0.2, 0.25) is 5.79 Å². The molecule has 2 saturated heterocycles. The largest absolute Gasteiger partial charge is 0.350 e. The topological polar surface area (TPSA) is 54.0 Å². The number of alkyl halides is 1. The number of ketones is 1. The number of carbonyl (C=O) groups excluding carboxylic acids is 1. The minimum atomic E-state index is -0.793. The highest BCUT2D eigenvalue weighted by Crippen LogP contribution is 2.72. The lowest BCUT2D eigenvalue weighted by molar-refractivity contribution is -0.246. The van der Waals surface area contributed by atoms with Crippen LogP contribution in [0.5, 0.6) is 0 Å². The molecule has 4 aliphatic carbocycles. The van der Waals surface area contributed by atoms with E-state index >= 15 is 0 Å². The molecule has 2 aliphatic heterocycles. The van der Waals surface area contributed by atoms with Crippen LogP contribution in [0.4, 0.5) is 0 Å². The Balaban J connectivity index is 1.40. The zero-order chi connectivity index (χ0) is 20.1. The summed E-state index contributed by atoms with van der Waals surface area (Å²) in [6, 6.07) is 0. The first-order valence-corrected chi connectivity index (χ1v) is 12.2. The highest BCUT2D eigenvalue weighted by molar-refractivity contribution is 9.09. The van der Waals surface area contributed by atoms with Crippen LogP contribution in [0.3, 0.4) is 0 Å². The van der Waals surface area contributed by atoms with Gasteiger partial charge in [-0.05, 0) is 67.8 Å². The Labute approximate surface area is 181 Å². The Morgan fingerprint density at radius 3 is 2.66 bits per heavy atom. The van der Waals surface area contributed by atoms with Crippen molar-refractivity contribution in [3.05, 3.63) is 11.6 Å². The van der Waals surface area contributed by atoms with E-state index in [0.29, 0.717) is 36.6 Å². The van der Waals surface area contributed by atoms with E-state index in [9.17, 15) is 4.79 Å². The second-order valence-electron chi connectivity index (χ2n) is 10.6. The average molecular weight is 467 g/mol. The van der Waals surface area contributed by atoms with E-state index in [-0.39, 0.29) is 29.2 Å². The van der Waals surface area contributed by atoms with Crippen LogP contribution < -0.4 is 0 Å². The normalized spacial score (nSPS) is 56.4. The zero-order valence-electron chi connectivity index (χ0n) is 17.4. The molecule has 2 spiro atoms. The van der Waals surface area contributed by atoms with Crippen molar-refractivity contribution in [2.75, 3.05) is 20.2 Å². The van der Waals surface area contributed by atoms with Crippen LogP contribution in [-0.4, -0.2) is 42.2 Å². The van der Waals surface area contributed by atoms with Gasteiger partial charge in [-0.1, -0.05) is 35.4 Å². The summed E-state index contributed by atoms with van der Waals surface area (Å²) in [5.74, 6) is 1.41. The minimum Gasteiger partial charge on any atom is -0.350 e. The number of rotatable bonds is 0. The fourth-order valence-corrected chi connectivity index (χ4v) is 9.94. The third kappa shape index (κ3) is 2.18. The second-order valence-corrected chi connectivity index (χ2v) is 11.7. The van der Waals surface area contributed by atoms with Crippen molar-refractivity contribution >= 4 is 21.7 Å². The second kappa shape index (κ2) is 6.16. The molecule has 6 heteroatoms. The highest BCUT2D eigenvalue weighted by atomic mass is 79.9. The summed E-state index contributed by atoms with van der Waals surface area (Å²) in [4.78, 5) is 12.3. The quantitative estimate of drug-likeness (QED) is 0.497. The van der Waals surface area contributed by atoms with Crippen LogP contribution in [0.15, 0.2) is 11.6 Å². The van der Waals surface area contributed by atoms with Gasteiger partial charge in [-0.15, -0.1) is 0 Å². The molecule has 0 amide bonds. The summed E-state index contributed by atoms with van der Waals surface area (Å²) in [6.07, 6.45) is 9.34. The van der Waals surface area contributed by atoms with E-state index in [1.165, 1.54) is 18.4 Å². The van der Waals surface area contributed by atoms with Crippen molar-refractivity contribution < 1.29 is 23.7 Å². The Hall–Kier alpha value is -0.270. The van der Waals surface area contributed by atoms with E-state index in [4.69, 9.17) is 18.9 Å². The molecule has 5 nitrogen and oxygen atoms in total. The number of ether oxygens (including phenoxy) is 4. The van der Waals surface area contributed by atoms with Gasteiger partial charge < -0.3 is 18.9 Å². The fourth-order valence-electron chi connectivity index (χ4n) is 8.54. The van der Waals surface area contributed by atoms with Crippen molar-refractivity contribution in [3.63, 3.8) is 0 Å². The molecule has 0 aromatic heterocycles. The third-order valence-corrected chi connectivity index (χ3v) is 10.9. The number of hydrogen-bond donors (Lipinski definition) is 0. The van der Waals surface area contributed by atoms with Crippen LogP contribution in [0.2, 0.25) is 0 Å². The van der Waals surface area contributed by atoms with Gasteiger partial charge in [0.15, 0.2) is 19.4 Å². The minimum absolute atomic E-state index is 0.0192. The predicted molar refractivity (Wildman–Crippen MR) is 109 cm³/mol. The number of hydrogen-bond acceptors (Lipinski definition) is 5. The molecular formula is C23H31BrO5. The van der Waals surface area contributed by atoms with Gasteiger partial charge in [0.25, 0.3) is 0 Å². The maximum absolute atomic E-state index is 12.1. The van der Waals surface area contributed by atoms with Gasteiger partial charge in [-0.25, -0.2) is 0 Å². The van der Waals surface area contributed by atoms with E-state index in [0.717, 1.165) is 25.7 Å². The maximum Gasteiger partial charge on any atom is 0.227 e. The van der Waals surface area contributed by atoms with Gasteiger partial charge in [0, 0.05) is 11.8 Å². The van der Waals surface area contributed by atoms with Gasteiger partial charge in [0.05, 0.1) is 4.83 Å². The van der Waals surface area contributed by atoms with Crippen LogP contribution in [0.1, 0.15) is 58.8 Å². The molecule has 6 aliphatic rings. The van der Waals surface area contributed by atoms with Gasteiger partial charge >= 0.3 is 0 Å². The highest BCUT2D eigenvalue weighted by Gasteiger charge is 2.78. The van der Waals surface area contributed by atoms with E-state index in [1.54, 1.807) is 0 Å². The molecule has 8 atom stereocenters. The molecule has 3 saturated carbocycles. The summed E-state index contributed by atoms with van der Waals surface area (Å²) in [6.45, 7) is 5.85. The maximum atomic E-state index is 12.1. The predicted octanol–water partition coefficient (Wildman–Crippen LogP) is 4.34. The SMILES string of the molecule is CC12CCC(=O)C=C1CCC1C2CCC2(C)C1CC(Br)C21OCOC12COCO2. The molecule has 8 unspecified atom stereocenters. The average Bonchev–Trinajstić information content (AvgIpc) is 3.38. The molecule has 6 rings (SSSR count). The third-order valence-electron chi connectivity index (χ3n) is 9.91. The van der Waals surface area contributed by atoms with E-state index in [2.05, 4.69) is 29.8 Å². The molecule has 0 radical (unpaired) electrons. The van der Waals surface area contributed by atoms with Crippen molar-refractivity contribution in [2.24, 2.45) is 28.6 Å². The monoisotopic (exact) mass is 466 g/mol. The lowest BCUT2D eigenvalue weighted by Crippen LogP contribution is -2.66. The zero-order valence-corrected chi connectivity index (χ0v) is 19.0. The van der Waals surface area contributed by atoms with Crippen LogP contribution in [0, 0.1) is 28.6 Å².